The number of anilines is 4. The summed E-state index contributed by atoms with van der Waals surface area (Å²) in [5.41, 5.74) is 0. The molecule has 0 amide bonds. The zero-order valence-electron chi connectivity index (χ0n) is 14.7. The van der Waals surface area contributed by atoms with Crippen LogP contribution in [0.3, 0.4) is 0 Å². The largest absolute Gasteiger partial charge is 0.363 e. The van der Waals surface area contributed by atoms with Crippen LogP contribution in [0, 0.1) is 0 Å². The van der Waals surface area contributed by atoms with Crippen LogP contribution in [0.5, 0.6) is 0 Å². The van der Waals surface area contributed by atoms with Crippen molar-refractivity contribution in [1.82, 2.24) is 20.2 Å². The standard InChI is InChI=1S/C16H24N8/c1-21(2)13-7-8-17-16(18-13)24-11-9-23(10-12-24)15-6-5-14(19-20-15)22(3)4/h5-8H,9-12H2,1-4H3. The number of rotatable bonds is 4. The van der Waals surface area contributed by atoms with Crippen molar-refractivity contribution in [2.75, 3.05) is 74.0 Å². The van der Waals surface area contributed by atoms with Gasteiger partial charge in [-0.25, -0.2) is 4.98 Å². The smallest absolute Gasteiger partial charge is 0.227 e. The van der Waals surface area contributed by atoms with E-state index >= 15 is 0 Å². The highest BCUT2D eigenvalue weighted by Crippen LogP contribution is 2.18. The van der Waals surface area contributed by atoms with E-state index in [1.54, 1.807) is 0 Å². The molecule has 3 rings (SSSR count). The van der Waals surface area contributed by atoms with Gasteiger partial charge in [-0.05, 0) is 18.2 Å². The van der Waals surface area contributed by atoms with Crippen molar-refractivity contribution in [3.63, 3.8) is 0 Å². The Morgan fingerprint density at radius 1 is 0.792 bits per heavy atom. The average molecular weight is 328 g/mol. The summed E-state index contributed by atoms with van der Waals surface area (Å²) in [6.45, 7) is 3.50. The van der Waals surface area contributed by atoms with Crippen LogP contribution in [-0.2, 0) is 0 Å². The zero-order chi connectivity index (χ0) is 17.1. The summed E-state index contributed by atoms with van der Waals surface area (Å²) in [4.78, 5) is 17.4. The second kappa shape index (κ2) is 6.86. The molecule has 0 bridgehead atoms. The molecule has 1 fully saturated rings. The van der Waals surface area contributed by atoms with Gasteiger partial charge in [-0.15, -0.1) is 10.2 Å². The maximum atomic E-state index is 4.61. The lowest BCUT2D eigenvalue weighted by atomic mass is 10.3. The van der Waals surface area contributed by atoms with E-state index in [2.05, 4.69) is 30.0 Å². The lowest BCUT2D eigenvalue weighted by molar-refractivity contribution is 0.631. The van der Waals surface area contributed by atoms with Crippen LogP contribution >= 0.6 is 0 Å². The van der Waals surface area contributed by atoms with Gasteiger partial charge in [0, 0.05) is 60.6 Å². The van der Waals surface area contributed by atoms with Crippen LogP contribution in [0.25, 0.3) is 0 Å². The number of piperazine rings is 1. The molecule has 0 aromatic carbocycles. The summed E-state index contributed by atoms with van der Waals surface area (Å²) >= 11 is 0. The van der Waals surface area contributed by atoms with Crippen LogP contribution in [0.1, 0.15) is 0 Å². The number of aromatic nitrogens is 4. The minimum Gasteiger partial charge on any atom is -0.363 e. The summed E-state index contributed by atoms with van der Waals surface area (Å²) in [5, 5.41) is 8.59. The van der Waals surface area contributed by atoms with Gasteiger partial charge in [-0.1, -0.05) is 0 Å². The Morgan fingerprint density at radius 2 is 1.46 bits per heavy atom. The van der Waals surface area contributed by atoms with Crippen molar-refractivity contribution >= 4 is 23.4 Å². The van der Waals surface area contributed by atoms with E-state index in [9.17, 15) is 0 Å². The molecule has 2 aromatic heterocycles. The van der Waals surface area contributed by atoms with Gasteiger partial charge in [0.15, 0.2) is 11.6 Å². The van der Waals surface area contributed by atoms with E-state index < -0.39 is 0 Å². The molecule has 0 radical (unpaired) electrons. The van der Waals surface area contributed by atoms with Crippen molar-refractivity contribution in [3.8, 4) is 0 Å². The van der Waals surface area contributed by atoms with E-state index in [1.807, 2.05) is 62.4 Å². The van der Waals surface area contributed by atoms with Gasteiger partial charge in [0.05, 0.1) is 0 Å². The molecule has 8 nitrogen and oxygen atoms in total. The Bertz CT molecular complexity index is 662. The van der Waals surface area contributed by atoms with Gasteiger partial charge in [0.25, 0.3) is 0 Å². The average Bonchev–Trinajstić information content (AvgIpc) is 2.62. The van der Waals surface area contributed by atoms with E-state index in [0.29, 0.717) is 0 Å². The van der Waals surface area contributed by atoms with Crippen LogP contribution < -0.4 is 19.6 Å². The first-order valence-corrected chi connectivity index (χ1v) is 8.06. The fourth-order valence-corrected chi connectivity index (χ4v) is 2.60. The molecule has 24 heavy (non-hydrogen) atoms. The van der Waals surface area contributed by atoms with Crippen LogP contribution in [0.2, 0.25) is 0 Å². The van der Waals surface area contributed by atoms with Crippen LogP contribution in [0.15, 0.2) is 24.4 Å². The molecule has 0 atom stereocenters. The Morgan fingerprint density at radius 3 is 2.04 bits per heavy atom. The second-order valence-electron chi connectivity index (χ2n) is 6.23. The Hall–Kier alpha value is -2.64. The molecule has 0 N–H and O–H groups in total. The molecule has 0 aliphatic carbocycles. The monoisotopic (exact) mass is 328 g/mol. The third-order valence-corrected chi connectivity index (χ3v) is 4.07. The first kappa shape index (κ1) is 16.2. The molecule has 1 aliphatic heterocycles. The van der Waals surface area contributed by atoms with Gasteiger partial charge in [0.1, 0.15) is 5.82 Å². The first-order valence-electron chi connectivity index (χ1n) is 8.06. The molecule has 3 heterocycles. The molecule has 0 saturated carbocycles. The lowest BCUT2D eigenvalue weighted by Crippen LogP contribution is -2.47. The Balaban J connectivity index is 1.64. The summed E-state index contributed by atoms with van der Waals surface area (Å²) in [7, 11) is 7.90. The summed E-state index contributed by atoms with van der Waals surface area (Å²) < 4.78 is 0. The van der Waals surface area contributed by atoms with E-state index in [4.69, 9.17) is 0 Å². The molecule has 8 heteroatoms. The molecular weight excluding hydrogens is 304 g/mol. The molecule has 0 unspecified atom stereocenters. The highest BCUT2D eigenvalue weighted by Gasteiger charge is 2.20. The van der Waals surface area contributed by atoms with Gasteiger partial charge < -0.3 is 19.6 Å². The molecular formula is C16H24N8. The lowest BCUT2D eigenvalue weighted by Gasteiger charge is -2.35. The third kappa shape index (κ3) is 3.47. The topological polar surface area (TPSA) is 64.5 Å². The molecule has 2 aromatic rings. The zero-order valence-corrected chi connectivity index (χ0v) is 14.7. The molecule has 0 spiro atoms. The van der Waals surface area contributed by atoms with Gasteiger partial charge >= 0.3 is 0 Å². The Labute approximate surface area is 142 Å². The normalized spacial score (nSPS) is 14.7. The minimum absolute atomic E-state index is 0.787. The van der Waals surface area contributed by atoms with Crippen molar-refractivity contribution in [2.24, 2.45) is 0 Å². The minimum atomic E-state index is 0.787. The summed E-state index contributed by atoms with van der Waals surface area (Å²) in [5.74, 6) is 3.50. The fraction of sp³-hybridized carbons (Fsp3) is 0.500. The number of hydrogen-bond acceptors (Lipinski definition) is 8. The maximum Gasteiger partial charge on any atom is 0.227 e. The predicted octanol–water partition coefficient (Wildman–Crippen LogP) is 0.725. The Kier molecular flexibility index (Phi) is 4.64. The van der Waals surface area contributed by atoms with Crippen molar-refractivity contribution in [2.45, 2.75) is 0 Å². The van der Waals surface area contributed by atoms with E-state index in [0.717, 1.165) is 49.6 Å². The predicted molar refractivity (Wildman–Crippen MR) is 97.1 cm³/mol. The van der Waals surface area contributed by atoms with Gasteiger partial charge in [0.2, 0.25) is 5.95 Å². The number of hydrogen-bond donors (Lipinski definition) is 0. The molecule has 1 saturated heterocycles. The molecule has 1 aliphatic rings. The van der Waals surface area contributed by atoms with Crippen LogP contribution in [-0.4, -0.2) is 74.5 Å². The summed E-state index contributed by atoms with van der Waals surface area (Å²) in [6, 6.07) is 5.95. The van der Waals surface area contributed by atoms with E-state index in [-0.39, 0.29) is 0 Å². The maximum absolute atomic E-state index is 4.61. The first-order chi connectivity index (χ1) is 11.5. The quantitative estimate of drug-likeness (QED) is 0.814. The van der Waals surface area contributed by atoms with Gasteiger partial charge in [-0.2, -0.15) is 4.98 Å². The number of nitrogens with zero attached hydrogens (tertiary/aromatic N) is 8. The highest BCUT2D eigenvalue weighted by atomic mass is 15.4. The molecule has 128 valence electrons. The van der Waals surface area contributed by atoms with Crippen molar-refractivity contribution in [1.29, 1.82) is 0 Å². The SMILES string of the molecule is CN(C)c1ccc(N2CCN(c3nccc(N(C)C)n3)CC2)nn1. The van der Waals surface area contributed by atoms with Crippen molar-refractivity contribution in [3.05, 3.63) is 24.4 Å². The highest BCUT2D eigenvalue weighted by molar-refractivity contribution is 5.47. The summed E-state index contributed by atoms with van der Waals surface area (Å²) in [6.07, 6.45) is 1.81. The van der Waals surface area contributed by atoms with E-state index in [1.165, 1.54) is 0 Å². The van der Waals surface area contributed by atoms with Crippen molar-refractivity contribution < 1.29 is 0 Å². The van der Waals surface area contributed by atoms with Gasteiger partial charge in [-0.3, -0.25) is 0 Å². The third-order valence-electron chi connectivity index (χ3n) is 4.07. The second-order valence-corrected chi connectivity index (χ2v) is 6.23. The van der Waals surface area contributed by atoms with Crippen LogP contribution in [0.4, 0.5) is 23.4 Å². The fourth-order valence-electron chi connectivity index (χ4n) is 2.60.